The molecule has 0 unspecified atom stereocenters. The Morgan fingerprint density at radius 1 is 1.36 bits per heavy atom. The average Bonchev–Trinajstić information content (AvgIpc) is 2.60. The van der Waals surface area contributed by atoms with Crippen LogP contribution in [0.2, 0.25) is 0 Å². The van der Waals surface area contributed by atoms with E-state index in [9.17, 15) is 20.1 Å². The Morgan fingerprint density at radius 3 is 2.71 bits per heavy atom. The first-order valence-electron chi connectivity index (χ1n) is 10.5. The lowest BCUT2D eigenvalue weighted by Gasteiger charge is -2.61. The number of nitrogens with two attached hydrogens (primary N) is 1. The van der Waals surface area contributed by atoms with Crippen LogP contribution in [0.5, 0.6) is 5.75 Å². The van der Waals surface area contributed by atoms with Crippen LogP contribution in [-0.4, -0.2) is 57.5 Å². The molecule has 1 aliphatic heterocycles. The van der Waals surface area contributed by atoms with Crippen LogP contribution in [0.25, 0.3) is 0 Å². The molecule has 0 radical (unpaired) electrons. The number of carbonyl (C=O) groups excluding carboxylic acids is 1. The molecule has 0 spiro atoms. The number of rotatable bonds is 6. The fourth-order valence-corrected chi connectivity index (χ4v) is 5.89. The largest absolute Gasteiger partial charge is 0.507 e. The Kier molecular flexibility index (Phi) is 4.92. The van der Waals surface area contributed by atoms with Crippen LogP contribution >= 0.6 is 0 Å². The van der Waals surface area contributed by atoms with Crippen LogP contribution in [0.4, 0.5) is 0 Å². The van der Waals surface area contributed by atoms with Gasteiger partial charge in [0, 0.05) is 30.2 Å². The predicted molar refractivity (Wildman–Crippen MR) is 106 cm³/mol. The Bertz CT molecular complexity index is 778. The molecule has 1 saturated carbocycles. The summed E-state index contributed by atoms with van der Waals surface area (Å²) in [6, 6.07) is 3.44. The van der Waals surface area contributed by atoms with E-state index >= 15 is 0 Å². The van der Waals surface area contributed by atoms with E-state index in [1.165, 1.54) is 19.3 Å². The summed E-state index contributed by atoms with van der Waals surface area (Å²) in [5.74, 6) is -0.0355. The number of amides is 1. The van der Waals surface area contributed by atoms with Crippen LogP contribution in [0.3, 0.4) is 0 Å². The van der Waals surface area contributed by atoms with Crippen molar-refractivity contribution < 1.29 is 20.1 Å². The Morgan fingerprint density at radius 2 is 2.11 bits per heavy atom. The molecule has 0 aromatic heterocycles. The average molecular weight is 389 g/mol. The van der Waals surface area contributed by atoms with Crippen molar-refractivity contribution in [2.75, 3.05) is 19.7 Å². The number of carbonyl (C=O) groups is 1. The number of hydrogen-bond acceptors (Lipinski definition) is 5. The molecule has 2 fully saturated rings. The number of piperidine rings is 1. The summed E-state index contributed by atoms with van der Waals surface area (Å²) in [7, 11) is 0. The molecule has 6 nitrogen and oxygen atoms in total. The zero-order valence-electron chi connectivity index (χ0n) is 16.7. The van der Waals surface area contributed by atoms with Gasteiger partial charge in [-0.25, -0.2) is 0 Å². The van der Waals surface area contributed by atoms with E-state index in [1.54, 1.807) is 6.07 Å². The second-order valence-electron chi connectivity index (χ2n) is 9.21. The maximum absolute atomic E-state index is 12.0. The molecular formula is C22H32N2O4. The first-order valence-corrected chi connectivity index (χ1v) is 10.5. The minimum atomic E-state index is -1.07. The SMILES string of the molecule is C[C@]12CCN(CC3CCC3)[C@H](Cc3ccc(C(N)=O)c(O)c31)[C@]2(O)CCCO. The zero-order chi connectivity index (χ0) is 20.1. The quantitative estimate of drug-likeness (QED) is 0.593. The van der Waals surface area contributed by atoms with Crippen LogP contribution in [0.1, 0.15) is 66.9 Å². The number of likely N-dealkylation sites (tertiary alicyclic amines) is 1. The third-order valence-electron chi connectivity index (χ3n) is 7.77. The Labute approximate surface area is 166 Å². The molecule has 2 bridgehead atoms. The summed E-state index contributed by atoms with van der Waals surface area (Å²) in [4.78, 5) is 14.2. The standard InChI is InChI=1S/C22H32N2O4/c1-21-9-10-24(13-14-4-2-5-14)17(22(21,28)8-3-11-25)12-15-6-7-16(20(23)27)19(26)18(15)21/h6-7,14,17,25-26,28H,2-5,8-13H2,1H3,(H2,23,27)/t17-,21+,22-/m1/s1. The van der Waals surface area contributed by atoms with Crippen molar-refractivity contribution in [3.63, 3.8) is 0 Å². The third-order valence-corrected chi connectivity index (χ3v) is 7.77. The van der Waals surface area contributed by atoms with Gasteiger partial charge in [0.2, 0.25) is 0 Å². The predicted octanol–water partition coefficient (Wildman–Crippen LogP) is 1.68. The molecule has 1 aromatic rings. The molecule has 1 amide bonds. The second kappa shape index (κ2) is 7.01. The van der Waals surface area contributed by atoms with E-state index < -0.39 is 16.9 Å². The number of benzene rings is 1. The van der Waals surface area contributed by atoms with E-state index in [0.29, 0.717) is 37.2 Å². The maximum Gasteiger partial charge on any atom is 0.252 e. The highest BCUT2D eigenvalue weighted by atomic mass is 16.3. The van der Waals surface area contributed by atoms with E-state index in [0.717, 1.165) is 18.7 Å². The fourth-order valence-electron chi connectivity index (χ4n) is 5.89. The number of aromatic hydroxyl groups is 1. The molecule has 3 atom stereocenters. The van der Waals surface area contributed by atoms with Crippen molar-refractivity contribution in [2.45, 2.75) is 68.9 Å². The number of primary amides is 1. The van der Waals surface area contributed by atoms with Crippen LogP contribution in [-0.2, 0) is 11.8 Å². The van der Waals surface area contributed by atoms with Crippen LogP contribution < -0.4 is 5.73 Å². The van der Waals surface area contributed by atoms with Crippen molar-refractivity contribution in [1.29, 1.82) is 0 Å². The normalized spacial score (nSPS) is 32.6. The number of aliphatic hydroxyl groups is 2. The highest BCUT2D eigenvalue weighted by Crippen LogP contribution is 2.56. The molecule has 5 N–H and O–H groups in total. The van der Waals surface area contributed by atoms with E-state index in [4.69, 9.17) is 5.73 Å². The van der Waals surface area contributed by atoms with Crippen molar-refractivity contribution in [3.8, 4) is 5.75 Å². The number of fused-ring (bicyclic) bond motifs is 4. The first-order chi connectivity index (χ1) is 13.3. The van der Waals surface area contributed by atoms with Crippen LogP contribution in [0.15, 0.2) is 12.1 Å². The minimum Gasteiger partial charge on any atom is -0.507 e. The molecule has 28 heavy (non-hydrogen) atoms. The molecule has 154 valence electrons. The van der Waals surface area contributed by atoms with Crippen molar-refractivity contribution in [3.05, 3.63) is 28.8 Å². The summed E-state index contributed by atoms with van der Waals surface area (Å²) in [5.41, 5.74) is 5.47. The lowest BCUT2D eigenvalue weighted by molar-refractivity contribution is -0.151. The van der Waals surface area contributed by atoms with Gasteiger partial charge in [-0.15, -0.1) is 0 Å². The molecule has 6 heteroatoms. The smallest absolute Gasteiger partial charge is 0.252 e. The van der Waals surface area contributed by atoms with Gasteiger partial charge in [0.1, 0.15) is 5.75 Å². The van der Waals surface area contributed by atoms with Gasteiger partial charge in [-0.2, -0.15) is 0 Å². The van der Waals surface area contributed by atoms with Gasteiger partial charge in [0.15, 0.2) is 0 Å². The van der Waals surface area contributed by atoms with Crippen LogP contribution in [0, 0.1) is 5.92 Å². The van der Waals surface area contributed by atoms with Gasteiger partial charge in [-0.05, 0) is 62.6 Å². The van der Waals surface area contributed by atoms with Gasteiger partial charge >= 0.3 is 0 Å². The van der Waals surface area contributed by atoms with Gasteiger partial charge in [-0.1, -0.05) is 19.4 Å². The van der Waals surface area contributed by atoms with Crippen molar-refractivity contribution >= 4 is 5.91 Å². The minimum absolute atomic E-state index is 0.0217. The summed E-state index contributed by atoms with van der Waals surface area (Å²) in [6.45, 7) is 3.89. The van der Waals surface area contributed by atoms with Crippen molar-refractivity contribution in [1.82, 2.24) is 4.90 Å². The summed E-state index contributed by atoms with van der Waals surface area (Å²) < 4.78 is 0. The first kappa shape index (κ1) is 19.7. The third kappa shape index (κ3) is 2.77. The van der Waals surface area contributed by atoms with Crippen molar-refractivity contribution in [2.24, 2.45) is 11.7 Å². The molecule has 1 saturated heterocycles. The lowest BCUT2D eigenvalue weighted by Crippen LogP contribution is -2.71. The van der Waals surface area contributed by atoms with Gasteiger partial charge in [0.05, 0.1) is 11.2 Å². The van der Waals surface area contributed by atoms with E-state index in [-0.39, 0.29) is 24.0 Å². The maximum atomic E-state index is 12.0. The fraction of sp³-hybridized carbons (Fsp3) is 0.682. The molecular weight excluding hydrogens is 356 g/mol. The van der Waals surface area contributed by atoms with E-state index in [1.807, 2.05) is 13.0 Å². The number of aliphatic hydroxyl groups excluding tert-OH is 1. The summed E-state index contributed by atoms with van der Waals surface area (Å²) in [5, 5.41) is 32.4. The lowest BCUT2D eigenvalue weighted by atomic mass is 9.53. The van der Waals surface area contributed by atoms with Gasteiger partial charge < -0.3 is 21.1 Å². The monoisotopic (exact) mass is 388 g/mol. The number of nitrogens with zero attached hydrogens (tertiary/aromatic N) is 1. The molecule has 4 rings (SSSR count). The van der Waals surface area contributed by atoms with Gasteiger partial charge in [0.25, 0.3) is 5.91 Å². The van der Waals surface area contributed by atoms with E-state index in [2.05, 4.69) is 4.90 Å². The molecule has 1 heterocycles. The highest BCUT2D eigenvalue weighted by molar-refractivity contribution is 5.96. The Hall–Kier alpha value is -1.63. The molecule has 3 aliphatic rings. The molecule has 1 aromatic carbocycles. The number of phenols is 1. The Balaban J connectivity index is 1.80. The summed E-state index contributed by atoms with van der Waals surface area (Å²) in [6.07, 6.45) is 6.11. The zero-order valence-corrected chi connectivity index (χ0v) is 16.7. The number of hydrogen-bond donors (Lipinski definition) is 4. The molecule has 2 aliphatic carbocycles. The van der Waals surface area contributed by atoms with Gasteiger partial charge in [-0.3, -0.25) is 9.69 Å². The topological polar surface area (TPSA) is 107 Å². The highest BCUT2D eigenvalue weighted by Gasteiger charge is 2.61. The summed E-state index contributed by atoms with van der Waals surface area (Å²) >= 11 is 0. The second-order valence-corrected chi connectivity index (χ2v) is 9.21.